The third-order valence-electron chi connectivity index (χ3n) is 1.32. The Morgan fingerprint density at radius 2 is 1.93 bits per heavy atom. The summed E-state index contributed by atoms with van der Waals surface area (Å²) in [6.45, 7) is 0. The Balaban J connectivity index is 2.96. The molecule has 1 nitrogen and oxygen atoms in total. The molecule has 0 unspecified atom stereocenters. The summed E-state index contributed by atoms with van der Waals surface area (Å²) in [5.74, 6) is -0.897. The SMILES string of the molecule is FC(F)c1c[c]ccc1OC(F)(F)F. The summed E-state index contributed by atoms with van der Waals surface area (Å²) in [6.07, 6.45) is -7.99. The van der Waals surface area contributed by atoms with Crippen molar-refractivity contribution in [2.45, 2.75) is 12.8 Å². The van der Waals surface area contributed by atoms with E-state index in [4.69, 9.17) is 0 Å². The van der Waals surface area contributed by atoms with Gasteiger partial charge in [-0.25, -0.2) is 8.78 Å². The lowest BCUT2D eigenvalue weighted by Crippen LogP contribution is -2.18. The van der Waals surface area contributed by atoms with E-state index < -0.39 is 24.1 Å². The summed E-state index contributed by atoms with van der Waals surface area (Å²) in [7, 11) is 0. The average molecular weight is 211 g/mol. The minimum absolute atomic E-state index is 0.756. The fourth-order valence-electron chi connectivity index (χ4n) is 0.817. The van der Waals surface area contributed by atoms with Crippen molar-refractivity contribution in [1.82, 2.24) is 0 Å². The van der Waals surface area contributed by atoms with Crippen LogP contribution in [0.3, 0.4) is 0 Å². The molecule has 0 aliphatic heterocycles. The van der Waals surface area contributed by atoms with Crippen molar-refractivity contribution in [2.24, 2.45) is 0 Å². The Hall–Kier alpha value is -1.33. The van der Waals surface area contributed by atoms with E-state index in [1.165, 1.54) is 0 Å². The molecule has 0 N–H and O–H groups in total. The Kier molecular flexibility index (Phi) is 2.93. The van der Waals surface area contributed by atoms with Gasteiger partial charge in [0.2, 0.25) is 0 Å². The molecule has 0 amide bonds. The van der Waals surface area contributed by atoms with Gasteiger partial charge in [0.25, 0.3) is 6.43 Å². The number of alkyl halides is 5. The third-order valence-corrected chi connectivity index (χ3v) is 1.32. The maximum absolute atomic E-state index is 12.1. The van der Waals surface area contributed by atoms with Crippen molar-refractivity contribution in [3.8, 4) is 5.75 Å². The lowest BCUT2D eigenvalue weighted by molar-refractivity contribution is -0.275. The molecule has 77 valence electrons. The highest BCUT2D eigenvalue weighted by Gasteiger charge is 2.32. The van der Waals surface area contributed by atoms with Gasteiger partial charge in [-0.1, -0.05) is 6.07 Å². The molecular formula is C8H4F5O. The van der Waals surface area contributed by atoms with Crippen molar-refractivity contribution in [3.05, 3.63) is 29.8 Å². The van der Waals surface area contributed by atoms with Gasteiger partial charge in [0, 0.05) is 0 Å². The van der Waals surface area contributed by atoms with Crippen molar-refractivity contribution in [3.63, 3.8) is 0 Å². The van der Waals surface area contributed by atoms with Crippen molar-refractivity contribution >= 4 is 0 Å². The molecule has 0 heterocycles. The van der Waals surface area contributed by atoms with E-state index in [1.807, 2.05) is 0 Å². The fourth-order valence-corrected chi connectivity index (χ4v) is 0.817. The van der Waals surface area contributed by atoms with Crippen LogP contribution in [0.15, 0.2) is 18.2 Å². The molecule has 0 bridgehead atoms. The Bertz CT molecular complexity index is 307. The molecule has 14 heavy (non-hydrogen) atoms. The van der Waals surface area contributed by atoms with Gasteiger partial charge < -0.3 is 4.74 Å². The van der Waals surface area contributed by atoms with Crippen LogP contribution in [-0.2, 0) is 0 Å². The quantitative estimate of drug-likeness (QED) is 0.681. The summed E-state index contributed by atoms with van der Waals surface area (Å²) in [5.41, 5.74) is -0.829. The number of hydrogen-bond acceptors (Lipinski definition) is 1. The van der Waals surface area contributed by atoms with Crippen LogP contribution in [0.4, 0.5) is 22.0 Å². The summed E-state index contributed by atoms with van der Waals surface area (Å²) in [6, 6.07) is 4.85. The van der Waals surface area contributed by atoms with E-state index >= 15 is 0 Å². The minimum Gasteiger partial charge on any atom is -0.405 e. The maximum Gasteiger partial charge on any atom is 0.573 e. The smallest absolute Gasteiger partial charge is 0.405 e. The van der Waals surface area contributed by atoms with Gasteiger partial charge in [-0.3, -0.25) is 0 Å². The molecule has 1 rings (SSSR count). The zero-order valence-corrected chi connectivity index (χ0v) is 6.61. The van der Waals surface area contributed by atoms with E-state index in [1.54, 1.807) is 0 Å². The Morgan fingerprint density at radius 1 is 1.29 bits per heavy atom. The second-order valence-corrected chi connectivity index (χ2v) is 2.31. The molecule has 1 aromatic rings. The van der Waals surface area contributed by atoms with E-state index in [0.29, 0.717) is 0 Å². The van der Waals surface area contributed by atoms with Crippen LogP contribution in [0.5, 0.6) is 5.75 Å². The van der Waals surface area contributed by atoms with Crippen LogP contribution in [0.1, 0.15) is 12.0 Å². The van der Waals surface area contributed by atoms with Crippen LogP contribution < -0.4 is 4.74 Å². The molecule has 0 saturated heterocycles. The van der Waals surface area contributed by atoms with E-state index in [-0.39, 0.29) is 0 Å². The first-order valence-corrected chi connectivity index (χ1v) is 3.44. The number of ether oxygens (including phenoxy) is 1. The van der Waals surface area contributed by atoms with Gasteiger partial charge in [0.1, 0.15) is 5.75 Å². The van der Waals surface area contributed by atoms with E-state index in [0.717, 1.165) is 18.2 Å². The van der Waals surface area contributed by atoms with Crippen LogP contribution in [0.25, 0.3) is 0 Å². The molecule has 0 spiro atoms. The highest BCUT2D eigenvalue weighted by Crippen LogP contribution is 2.32. The Morgan fingerprint density at radius 3 is 2.43 bits per heavy atom. The minimum atomic E-state index is -4.97. The number of benzene rings is 1. The van der Waals surface area contributed by atoms with Crippen molar-refractivity contribution in [2.75, 3.05) is 0 Å². The second kappa shape index (κ2) is 3.81. The molecule has 0 saturated carbocycles. The summed E-state index contributed by atoms with van der Waals surface area (Å²) in [5, 5.41) is 0. The second-order valence-electron chi connectivity index (χ2n) is 2.31. The predicted molar refractivity (Wildman–Crippen MR) is 36.9 cm³/mol. The van der Waals surface area contributed by atoms with E-state index in [2.05, 4.69) is 10.8 Å². The first-order chi connectivity index (χ1) is 6.40. The fraction of sp³-hybridized carbons (Fsp3) is 0.250. The monoisotopic (exact) mass is 211 g/mol. The summed E-state index contributed by atoms with van der Waals surface area (Å²) in [4.78, 5) is 0. The highest BCUT2D eigenvalue weighted by molar-refractivity contribution is 5.33. The van der Waals surface area contributed by atoms with Gasteiger partial charge in [0.05, 0.1) is 5.56 Å². The van der Waals surface area contributed by atoms with Crippen LogP contribution >= 0.6 is 0 Å². The predicted octanol–water partition coefficient (Wildman–Crippen LogP) is 3.32. The van der Waals surface area contributed by atoms with Gasteiger partial charge in [-0.2, -0.15) is 0 Å². The largest absolute Gasteiger partial charge is 0.573 e. The van der Waals surface area contributed by atoms with Crippen molar-refractivity contribution in [1.29, 1.82) is 0 Å². The third kappa shape index (κ3) is 2.86. The number of rotatable bonds is 2. The van der Waals surface area contributed by atoms with Gasteiger partial charge >= 0.3 is 6.36 Å². The zero-order chi connectivity index (χ0) is 10.8. The van der Waals surface area contributed by atoms with Gasteiger partial charge in [0.15, 0.2) is 0 Å². The Labute approximate surface area is 76.1 Å². The maximum atomic E-state index is 12.1. The summed E-state index contributed by atoms with van der Waals surface area (Å²) >= 11 is 0. The normalized spacial score (nSPS) is 11.9. The lowest BCUT2D eigenvalue weighted by atomic mass is 10.2. The van der Waals surface area contributed by atoms with Gasteiger partial charge in [-0.05, 0) is 18.2 Å². The molecule has 0 atom stereocenters. The molecule has 0 aliphatic rings. The van der Waals surface area contributed by atoms with Crippen LogP contribution in [0.2, 0.25) is 0 Å². The summed E-state index contributed by atoms with van der Waals surface area (Å²) < 4.78 is 62.8. The molecule has 0 aromatic heterocycles. The van der Waals surface area contributed by atoms with Gasteiger partial charge in [-0.15, -0.1) is 13.2 Å². The molecule has 0 aliphatic carbocycles. The number of halogens is 5. The average Bonchev–Trinajstić information content (AvgIpc) is 2.01. The molecule has 1 aromatic carbocycles. The molecule has 6 heteroatoms. The molecule has 0 fully saturated rings. The molecule has 1 radical (unpaired) electrons. The highest BCUT2D eigenvalue weighted by atomic mass is 19.4. The number of hydrogen-bond donors (Lipinski definition) is 0. The zero-order valence-electron chi connectivity index (χ0n) is 6.61. The molecular weight excluding hydrogens is 207 g/mol. The lowest BCUT2D eigenvalue weighted by Gasteiger charge is -2.11. The first-order valence-electron chi connectivity index (χ1n) is 3.44. The van der Waals surface area contributed by atoms with E-state index in [9.17, 15) is 22.0 Å². The topological polar surface area (TPSA) is 9.23 Å². The van der Waals surface area contributed by atoms with Crippen LogP contribution in [-0.4, -0.2) is 6.36 Å². The standard InChI is InChI=1S/C8H4F5O/c9-7(10)5-3-1-2-4-6(5)14-8(11,12)13/h2-4,7H. The van der Waals surface area contributed by atoms with Crippen LogP contribution in [0, 0.1) is 6.07 Å². The first kappa shape index (κ1) is 10.7. The van der Waals surface area contributed by atoms with Crippen molar-refractivity contribution < 1.29 is 26.7 Å².